The van der Waals surface area contributed by atoms with Crippen LogP contribution in [0.25, 0.3) is 21.7 Å². The van der Waals surface area contributed by atoms with Gasteiger partial charge in [0.05, 0.1) is 27.8 Å². The Labute approximate surface area is 131 Å². The summed E-state index contributed by atoms with van der Waals surface area (Å²) in [4.78, 5) is 0.935. The van der Waals surface area contributed by atoms with Crippen molar-refractivity contribution in [2.75, 3.05) is 12.3 Å². The summed E-state index contributed by atoms with van der Waals surface area (Å²) in [6.45, 7) is 2.60. The van der Waals surface area contributed by atoms with Crippen LogP contribution >= 0.6 is 22.9 Å². The second-order valence-corrected chi connectivity index (χ2v) is 5.74. The summed E-state index contributed by atoms with van der Waals surface area (Å²) in [6.07, 6.45) is 0. The van der Waals surface area contributed by atoms with E-state index in [2.05, 4.69) is 10.2 Å². The van der Waals surface area contributed by atoms with E-state index in [1.165, 1.54) is 0 Å². The van der Waals surface area contributed by atoms with Crippen LogP contribution in [0, 0.1) is 0 Å². The number of anilines is 1. The number of hydrogen-bond acceptors (Lipinski definition) is 4. The summed E-state index contributed by atoms with van der Waals surface area (Å²) >= 11 is 7.76. The molecule has 0 aliphatic carbocycles. The van der Waals surface area contributed by atoms with Crippen LogP contribution in [-0.4, -0.2) is 16.8 Å². The number of nitrogen functional groups attached to an aromatic ring is 1. The van der Waals surface area contributed by atoms with E-state index >= 15 is 0 Å². The molecule has 0 radical (unpaired) electrons. The molecule has 2 aromatic heterocycles. The number of hydrogen-bond donors (Lipinski definition) is 2. The van der Waals surface area contributed by atoms with Gasteiger partial charge in [-0.05, 0) is 36.1 Å². The number of thiophene rings is 1. The van der Waals surface area contributed by atoms with Gasteiger partial charge in [0, 0.05) is 0 Å². The third-order valence-electron chi connectivity index (χ3n) is 3.09. The number of benzene rings is 1. The van der Waals surface area contributed by atoms with Crippen LogP contribution in [0.2, 0.25) is 5.02 Å². The van der Waals surface area contributed by atoms with Crippen LogP contribution in [0.1, 0.15) is 6.92 Å². The molecule has 1 aromatic carbocycles. The standard InChI is InChI=1S/C15H14ClN3OS/c1-2-20-10-5-3-9(4-6-10)12-13(18-19-15(12)17)14-11(16)7-8-21-14/h3-8H,2H2,1H3,(H3,17,18,19). The van der Waals surface area contributed by atoms with E-state index in [0.717, 1.165) is 27.4 Å². The second kappa shape index (κ2) is 5.79. The summed E-state index contributed by atoms with van der Waals surface area (Å²) in [5.74, 6) is 1.29. The van der Waals surface area contributed by atoms with Gasteiger partial charge in [-0.15, -0.1) is 11.3 Å². The van der Waals surface area contributed by atoms with E-state index in [-0.39, 0.29) is 0 Å². The zero-order valence-electron chi connectivity index (χ0n) is 11.4. The average Bonchev–Trinajstić information content (AvgIpc) is 3.06. The summed E-state index contributed by atoms with van der Waals surface area (Å²) < 4.78 is 5.46. The first-order chi connectivity index (χ1) is 10.2. The quantitative estimate of drug-likeness (QED) is 0.747. The van der Waals surface area contributed by atoms with E-state index in [9.17, 15) is 0 Å². The monoisotopic (exact) mass is 319 g/mol. The molecule has 3 aromatic rings. The normalized spacial score (nSPS) is 10.8. The zero-order valence-corrected chi connectivity index (χ0v) is 13.0. The summed E-state index contributed by atoms with van der Waals surface area (Å²) in [6, 6.07) is 9.64. The van der Waals surface area contributed by atoms with Crippen molar-refractivity contribution in [2.45, 2.75) is 6.92 Å². The first-order valence-electron chi connectivity index (χ1n) is 6.51. The molecule has 0 atom stereocenters. The lowest BCUT2D eigenvalue weighted by atomic mass is 10.0. The maximum absolute atomic E-state index is 6.21. The summed E-state index contributed by atoms with van der Waals surface area (Å²) in [7, 11) is 0. The molecule has 0 aliphatic heterocycles. The molecule has 0 amide bonds. The van der Waals surface area contributed by atoms with E-state index in [4.69, 9.17) is 22.1 Å². The average molecular weight is 320 g/mol. The Bertz CT molecular complexity index is 749. The molecule has 0 saturated heterocycles. The van der Waals surface area contributed by atoms with E-state index in [1.807, 2.05) is 42.6 Å². The Kier molecular flexibility index (Phi) is 3.86. The smallest absolute Gasteiger partial charge is 0.153 e. The number of ether oxygens (including phenoxy) is 1. The van der Waals surface area contributed by atoms with Gasteiger partial charge < -0.3 is 10.5 Å². The second-order valence-electron chi connectivity index (χ2n) is 4.41. The number of nitrogens with one attached hydrogen (secondary N) is 1. The number of halogens is 1. The minimum absolute atomic E-state index is 0.457. The van der Waals surface area contributed by atoms with Crippen molar-refractivity contribution in [2.24, 2.45) is 0 Å². The van der Waals surface area contributed by atoms with Gasteiger partial charge in [-0.1, -0.05) is 23.7 Å². The molecule has 3 rings (SSSR count). The number of nitrogens with two attached hydrogens (primary N) is 1. The Balaban J connectivity index is 2.06. The molecule has 0 bridgehead atoms. The van der Waals surface area contributed by atoms with Crippen LogP contribution in [0.4, 0.5) is 5.82 Å². The van der Waals surface area contributed by atoms with E-state index < -0.39 is 0 Å². The van der Waals surface area contributed by atoms with Crippen LogP contribution in [-0.2, 0) is 0 Å². The number of nitrogens with zero attached hydrogens (tertiary/aromatic N) is 1. The molecule has 108 valence electrons. The topological polar surface area (TPSA) is 63.9 Å². The Morgan fingerprint density at radius 2 is 2.05 bits per heavy atom. The molecule has 2 heterocycles. The van der Waals surface area contributed by atoms with Gasteiger partial charge in [0.2, 0.25) is 0 Å². The maximum atomic E-state index is 6.21. The predicted octanol–water partition coefficient (Wildman–Crippen LogP) is 4.44. The summed E-state index contributed by atoms with van der Waals surface area (Å²) in [5, 5.41) is 9.73. The minimum atomic E-state index is 0.457. The number of aromatic nitrogens is 2. The summed E-state index contributed by atoms with van der Waals surface area (Å²) in [5.41, 5.74) is 8.70. The largest absolute Gasteiger partial charge is 0.494 e. The highest BCUT2D eigenvalue weighted by Crippen LogP contribution is 2.40. The molecule has 6 heteroatoms. The van der Waals surface area contributed by atoms with Crippen LogP contribution < -0.4 is 10.5 Å². The molecule has 0 aliphatic rings. The SMILES string of the molecule is CCOc1ccc(-c2c(N)n[nH]c2-c2sccc2Cl)cc1. The minimum Gasteiger partial charge on any atom is -0.494 e. The highest BCUT2D eigenvalue weighted by molar-refractivity contribution is 7.14. The number of aromatic amines is 1. The predicted molar refractivity (Wildman–Crippen MR) is 87.9 cm³/mol. The van der Waals surface area contributed by atoms with Crippen molar-refractivity contribution in [3.63, 3.8) is 0 Å². The fourth-order valence-corrected chi connectivity index (χ4v) is 3.32. The molecule has 0 spiro atoms. The maximum Gasteiger partial charge on any atom is 0.153 e. The lowest BCUT2D eigenvalue weighted by Crippen LogP contribution is -1.92. The third kappa shape index (κ3) is 2.62. The van der Waals surface area contributed by atoms with Gasteiger partial charge >= 0.3 is 0 Å². The Morgan fingerprint density at radius 3 is 2.67 bits per heavy atom. The first kappa shape index (κ1) is 14.0. The van der Waals surface area contributed by atoms with Crippen LogP contribution in [0.15, 0.2) is 35.7 Å². The van der Waals surface area contributed by atoms with Crippen molar-refractivity contribution in [1.29, 1.82) is 0 Å². The fourth-order valence-electron chi connectivity index (χ4n) is 2.17. The van der Waals surface area contributed by atoms with Gasteiger partial charge in [0.25, 0.3) is 0 Å². The molecular formula is C15H14ClN3OS. The molecular weight excluding hydrogens is 306 g/mol. The van der Waals surface area contributed by atoms with Crippen LogP contribution in [0.3, 0.4) is 0 Å². The van der Waals surface area contributed by atoms with Gasteiger partial charge in [-0.25, -0.2) is 0 Å². The Morgan fingerprint density at radius 1 is 1.29 bits per heavy atom. The van der Waals surface area contributed by atoms with Gasteiger partial charge in [0.1, 0.15) is 5.75 Å². The first-order valence-corrected chi connectivity index (χ1v) is 7.77. The molecule has 0 unspecified atom stereocenters. The van der Waals surface area contributed by atoms with Gasteiger partial charge in [-0.2, -0.15) is 5.10 Å². The van der Waals surface area contributed by atoms with Crippen LogP contribution in [0.5, 0.6) is 5.75 Å². The third-order valence-corrected chi connectivity index (χ3v) is 4.45. The van der Waals surface area contributed by atoms with E-state index in [0.29, 0.717) is 17.4 Å². The molecule has 0 fully saturated rings. The van der Waals surface area contributed by atoms with Gasteiger partial charge in [-0.3, -0.25) is 5.10 Å². The lowest BCUT2D eigenvalue weighted by molar-refractivity contribution is 0.340. The Hall–Kier alpha value is -1.98. The molecule has 0 saturated carbocycles. The van der Waals surface area contributed by atoms with Crippen molar-refractivity contribution >= 4 is 28.8 Å². The van der Waals surface area contributed by atoms with Crippen molar-refractivity contribution in [1.82, 2.24) is 10.2 Å². The van der Waals surface area contributed by atoms with Crippen molar-refractivity contribution in [3.8, 4) is 27.4 Å². The zero-order chi connectivity index (χ0) is 14.8. The van der Waals surface area contributed by atoms with Crippen molar-refractivity contribution in [3.05, 3.63) is 40.7 Å². The van der Waals surface area contributed by atoms with Gasteiger partial charge in [0.15, 0.2) is 5.82 Å². The number of rotatable bonds is 4. The number of H-pyrrole nitrogens is 1. The molecule has 3 N–H and O–H groups in total. The highest BCUT2D eigenvalue weighted by Gasteiger charge is 2.17. The lowest BCUT2D eigenvalue weighted by Gasteiger charge is -2.06. The highest BCUT2D eigenvalue weighted by atomic mass is 35.5. The fraction of sp³-hybridized carbons (Fsp3) is 0.133. The molecule has 4 nitrogen and oxygen atoms in total. The van der Waals surface area contributed by atoms with Crippen molar-refractivity contribution < 1.29 is 4.74 Å². The molecule has 21 heavy (non-hydrogen) atoms. The van der Waals surface area contributed by atoms with E-state index in [1.54, 1.807) is 11.3 Å².